The van der Waals surface area contributed by atoms with Crippen molar-refractivity contribution in [2.75, 3.05) is 20.8 Å². The topological polar surface area (TPSA) is 56.5 Å². The minimum Gasteiger partial charge on any atom is -0.497 e. The van der Waals surface area contributed by atoms with Crippen LogP contribution < -0.4 is 20.5 Å². The molecule has 0 spiro atoms. The maximum Gasteiger partial charge on any atom is 0.127 e. The molecule has 0 saturated carbocycles. The first-order chi connectivity index (χ1) is 8.08. The molecule has 1 rings (SSSR count). The van der Waals surface area contributed by atoms with E-state index in [9.17, 15) is 0 Å². The molecule has 1 aromatic carbocycles. The van der Waals surface area contributed by atoms with E-state index < -0.39 is 0 Å². The predicted molar refractivity (Wildman–Crippen MR) is 69.6 cm³/mol. The first kappa shape index (κ1) is 13.8. The second kappa shape index (κ2) is 6.47. The number of nitrogens with two attached hydrogens (primary N) is 1. The molecule has 0 aliphatic carbocycles. The van der Waals surface area contributed by atoms with Crippen LogP contribution in [0.1, 0.15) is 18.1 Å². The summed E-state index contributed by atoms with van der Waals surface area (Å²) >= 11 is 0. The second-order valence-electron chi connectivity index (χ2n) is 4.23. The van der Waals surface area contributed by atoms with E-state index in [4.69, 9.17) is 15.2 Å². The number of aryl methyl sites for hydroxylation is 1. The van der Waals surface area contributed by atoms with Gasteiger partial charge in [0.05, 0.1) is 14.2 Å². The molecule has 0 heterocycles. The molecule has 4 heteroatoms. The van der Waals surface area contributed by atoms with Crippen molar-refractivity contribution < 1.29 is 9.47 Å². The number of nitrogens with one attached hydrogen (secondary N) is 1. The van der Waals surface area contributed by atoms with Crippen LogP contribution in [0, 0.1) is 6.92 Å². The SMILES string of the molecule is COc1cc(C)c(CNCC(C)N)c(OC)c1. The van der Waals surface area contributed by atoms with Crippen molar-refractivity contribution in [3.05, 3.63) is 23.3 Å². The molecule has 1 aromatic rings. The van der Waals surface area contributed by atoms with Gasteiger partial charge in [-0.3, -0.25) is 0 Å². The van der Waals surface area contributed by atoms with Gasteiger partial charge >= 0.3 is 0 Å². The largest absolute Gasteiger partial charge is 0.497 e. The zero-order chi connectivity index (χ0) is 12.8. The highest BCUT2D eigenvalue weighted by Crippen LogP contribution is 2.28. The van der Waals surface area contributed by atoms with E-state index in [2.05, 4.69) is 5.32 Å². The van der Waals surface area contributed by atoms with Crippen molar-refractivity contribution in [3.8, 4) is 11.5 Å². The maximum absolute atomic E-state index is 5.70. The minimum absolute atomic E-state index is 0.152. The molecule has 0 bridgehead atoms. The summed E-state index contributed by atoms with van der Waals surface area (Å²) < 4.78 is 10.6. The Morgan fingerprint density at radius 2 is 2.00 bits per heavy atom. The second-order valence-corrected chi connectivity index (χ2v) is 4.23. The van der Waals surface area contributed by atoms with Crippen LogP contribution >= 0.6 is 0 Å². The molecule has 3 N–H and O–H groups in total. The van der Waals surface area contributed by atoms with E-state index in [0.717, 1.165) is 35.7 Å². The molecule has 0 radical (unpaired) electrons. The highest BCUT2D eigenvalue weighted by Gasteiger charge is 2.09. The van der Waals surface area contributed by atoms with Crippen molar-refractivity contribution in [3.63, 3.8) is 0 Å². The summed E-state index contributed by atoms with van der Waals surface area (Å²) in [7, 11) is 3.32. The molecular weight excluding hydrogens is 216 g/mol. The standard InChI is InChI=1S/C13H22N2O2/c1-9-5-11(16-3)6-13(17-4)12(9)8-15-7-10(2)14/h5-6,10,15H,7-8,14H2,1-4H3. The third-order valence-corrected chi connectivity index (χ3v) is 2.63. The van der Waals surface area contributed by atoms with Crippen molar-refractivity contribution in [2.45, 2.75) is 26.4 Å². The molecule has 0 aliphatic heterocycles. The van der Waals surface area contributed by atoms with E-state index >= 15 is 0 Å². The van der Waals surface area contributed by atoms with Gasteiger partial charge in [0.15, 0.2) is 0 Å². The lowest BCUT2D eigenvalue weighted by Gasteiger charge is -2.15. The van der Waals surface area contributed by atoms with Crippen LogP contribution in [0.5, 0.6) is 11.5 Å². The highest BCUT2D eigenvalue weighted by atomic mass is 16.5. The number of benzene rings is 1. The fraction of sp³-hybridized carbons (Fsp3) is 0.538. The molecular formula is C13H22N2O2. The van der Waals surface area contributed by atoms with Crippen molar-refractivity contribution >= 4 is 0 Å². The Kier molecular flexibility index (Phi) is 5.25. The Bertz CT molecular complexity index is 365. The van der Waals surface area contributed by atoms with Gasteiger partial charge in [0.25, 0.3) is 0 Å². The van der Waals surface area contributed by atoms with Crippen LogP contribution in [-0.4, -0.2) is 26.8 Å². The smallest absolute Gasteiger partial charge is 0.127 e. The average Bonchev–Trinajstić information content (AvgIpc) is 2.30. The zero-order valence-corrected chi connectivity index (χ0v) is 11.0. The van der Waals surface area contributed by atoms with Gasteiger partial charge in [0, 0.05) is 30.8 Å². The Hall–Kier alpha value is -1.26. The van der Waals surface area contributed by atoms with Crippen LogP contribution in [0.3, 0.4) is 0 Å². The predicted octanol–water partition coefficient (Wildman–Crippen LogP) is 1.45. The van der Waals surface area contributed by atoms with Gasteiger partial charge < -0.3 is 20.5 Å². The van der Waals surface area contributed by atoms with Gasteiger partial charge in [-0.1, -0.05) is 0 Å². The van der Waals surface area contributed by atoms with Crippen LogP contribution in [0.15, 0.2) is 12.1 Å². The Morgan fingerprint density at radius 3 is 2.53 bits per heavy atom. The number of methoxy groups -OCH3 is 2. The third kappa shape index (κ3) is 3.91. The molecule has 17 heavy (non-hydrogen) atoms. The van der Waals surface area contributed by atoms with Crippen molar-refractivity contribution in [1.29, 1.82) is 0 Å². The van der Waals surface area contributed by atoms with Crippen LogP contribution in [0.2, 0.25) is 0 Å². The van der Waals surface area contributed by atoms with Gasteiger partial charge in [-0.05, 0) is 25.5 Å². The van der Waals surface area contributed by atoms with Gasteiger partial charge in [-0.15, -0.1) is 0 Å². The minimum atomic E-state index is 0.152. The third-order valence-electron chi connectivity index (χ3n) is 2.63. The Balaban J connectivity index is 2.82. The number of rotatable bonds is 6. The Morgan fingerprint density at radius 1 is 1.29 bits per heavy atom. The Labute approximate surface area is 103 Å². The molecule has 1 atom stereocenters. The summed E-state index contributed by atoms with van der Waals surface area (Å²) in [6.07, 6.45) is 0. The molecule has 0 fully saturated rings. The fourth-order valence-electron chi connectivity index (χ4n) is 1.70. The quantitative estimate of drug-likeness (QED) is 0.787. The first-order valence-corrected chi connectivity index (χ1v) is 5.76. The number of hydrogen-bond donors (Lipinski definition) is 2. The molecule has 0 aliphatic rings. The van der Waals surface area contributed by atoms with Gasteiger partial charge in [-0.25, -0.2) is 0 Å². The van der Waals surface area contributed by atoms with Crippen molar-refractivity contribution in [2.24, 2.45) is 5.73 Å². The van der Waals surface area contributed by atoms with E-state index in [1.165, 1.54) is 0 Å². The van der Waals surface area contributed by atoms with E-state index in [1.807, 2.05) is 26.0 Å². The van der Waals surface area contributed by atoms with Crippen molar-refractivity contribution in [1.82, 2.24) is 5.32 Å². The zero-order valence-electron chi connectivity index (χ0n) is 11.0. The fourth-order valence-corrected chi connectivity index (χ4v) is 1.70. The van der Waals surface area contributed by atoms with Gasteiger partial charge in [0.2, 0.25) is 0 Å². The number of ether oxygens (including phenoxy) is 2. The van der Waals surface area contributed by atoms with Gasteiger partial charge in [0.1, 0.15) is 11.5 Å². The monoisotopic (exact) mass is 238 g/mol. The lowest BCUT2D eigenvalue weighted by atomic mass is 10.1. The maximum atomic E-state index is 5.70. The molecule has 0 amide bonds. The molecule has 1 unspecified atom stereocenters. The van der Waals surface area contributed by atoms with Crippen LogP contribution in [0.25, 0.3) is 0 Å². The van der Waals surface area contributed by atoms with Gasteiger partial charge in [-0.2, -0.15) is 0 Å². The number of hydrogen-bond acceptors (Lipinski definition) is 4. The summed E-state index contributed by atoms with van der Waals surface area (Å²) in [4.78, 5) is 0. The van der Waals surface area contributed by atoms with E-state index in [-0.39, 0.29) is 6.04 Å². The van der Waals surface area contributed by atoms with Crippen LogP contribution in [-0.2, 0) is 6.54 Å². The van der Waals surface area contributed by atoms with E-state index in [0.29, 0.717) is 0 Å². The summed E-state index contributed by atoms with van der Waals surface area (Å²) in [5.41, 5.74) is 8.00. The molecule has 4 nitrogen and oxygen atoms in total. The molecule has 0 aromatic heterocycles. The molecule has 96 valence electrons. The summed E-state index contributed by atoms with van der Waals surface area (Å²) in [5.74, 6) is 1.66. The highest BCUT2D eigenvalue weighted by molar-refractivity contribution is 5.46. The summed E-state index contributed by atoms with van der Waals surface area (Å²) in [6, 6.07) is 4.06. The summed E-state index contributed by atoms with van der Waals surface area (Å²) in [6.45, 7) is 5.56. The summed E-state index contributed by atoms with van der Waals surface area (Å²) in [5, 5.41) is 3.31. The van der Waals surface area contributed by atoms with E-state index in [1.54, 1.807) is 14.2 Å². The average molecular weight is 238 g/mol. The lowest BCUT2D eigenvalue weighted by Crippen LogP contribution is -2.30. The van der Waals surface area contributed by atoms with Crippen LogP contribution in [0.4, 0.5) is 0 Å². The lowest BCUT2D eigenvalue weighted by molar-refractivity contribution is 0.389. The molecule has 0 saturated heterocycles. The first-order valence-electron chi connectivity index (χ1n) is 5.76. The normalized spacial score (nSPS) is 12.3.